The second-order valence-corrected chi connectivity index (χ2v) is 4.79. The molecule has 1 aromatic carbocycles. The van der Waals surface area contributed by atoms with E-state index in [4.69, 9.17) is 4.74 Å². The Bertz CT molecular complexity index is 447. The molecule has 5 heteroatoms. The first-order valence-corrected chi connectivity index (χ1v) is 6.48. The first-order chi connectivity index (χ1) is 9.18. The maximum Gasteiger partial charge on any atom is 0.315 e. The van der Waals surface area contributed by atoms with Crippen LogP contribution >= 0.6 is 0 Å². The second kappa shape index (κ2) is 6.02. The largest absolute Gasteiger partial charge is 0.385 e. The lowest BCUT2D eigenvalue weighted by Crippen LogP contribution is -2.43. The van der Waals surface area contributed by atoms with Crippen LogP contribution in [0.1, 0.15) is 24.8 Å². The molecule has 0 spiro atoms. The Labute approximate surface area is 112 Å². The molecule has 1 aliphatic carbocycles. The number of urea groups is 1. The Hall–Kier alpha value is -1.62. The third-order valence-corrected chi connectivity index (χ3v) is 3.30. The van der Waals surface area contributed by atoms with Crippen LogP contribution in [0.25, 0.3) is 0 Å². The molecule has 0 aromatic heterocycles. The Morgan fingerprint density at radius 1 is 1.42 bits per heavy atom. The number of nitrogens with one attached hydrogen (secondary N) is 2. The van der Waals surface area contributed by atoms with Crippen molar-refractivity contribution < 1.29 is 13.9 Å². The minimum absolute atomic E-state index is 0.253. The number of halogens is 1. The van der Waals surface area contributed by atoms with Crippen molar-refractivity contribution in [2.75, 3.05) is 20.3 Å². The number of benzene rings is 1. The van der Waals surface area contributed by atoms with E-state index in [1.54, 1.807) is 25.3 Å². The zero-order valence-electron chi connectivity index (χ0n) is 11.0. The molecule has 19 heavy (non-hydrogen) atoms. The lowest BCUT2D eigenvalue weighted by molar-refractivity contribution is 0.193. The molecule has 0 aliphatic heterocycles. The van der Waals surface area contributed by atoms with Gasteiger partial charge in [-0.3, -0.25) is 0 Å². The van der Waals surface area contributed by atoms with Crippen LogP contribution in [0.3, 0.4) is 0 Å². The lowest BCUT2D eigenvalue weighted by Gasteiger charge is -2.19. The van der Waals surface area contributed by atoms with E-state index in [0.29, 0.717) is 18.7 Å². The summed E-state index contributed by atoms with van der Waals surface area (Å²) in [4.78, 5) is 11.8. The molecule has 4 nitrogen and oxygen atoms in total. The molecular formula is C14H19FN2O2. The van der Waals surface area contributed by atoms with Crippen LogP contribution in [0.2, 0.25) is 0 Å². The maximum atomic E-state index is 13.7. The van der Waals surface area contributed by atoms with Gasteiger partial charge >= 0.3 is 6.03 Å². The molecule has 1 aliphatic rings. The van der Waals surface area contributed by atoms with Gasteiger partial charge in [0.25, 0.3) is 0 Å². The number of methoxy groups -OCH3 is 1. The number of rotatable bonds is 6. The Morgan fingerprint density at radius 2 is 2.16 bits per heavy atom. The average molecular weight is 266 g/mol. The monoisotopic (exact) mass is 266 g/mol. The number of ether oxygens (including phenoxy) is 1. The third-order valence-electron chi connectivity index (χ3n) is 3.30. The Balaban J connectivity index is 1.88. The van der Waals surface area contributed by atoms with Crippen LogP contribution in [-0.2, 0) is 10.3 Å². The summed E-state index contributed by atoms with van der Waals surface area (Å²) in [5, 5.41) is 5.62. The van der Waals surface area contributed by atoms with Crippen molar-refractivity contribution in [3.63, 3.8) is 0 Å². The van der Waals surface area contributed by atoms with E-state index in [1.807, 2.05) is 0 Å². The summed E-state index contributed by atoms with van der Waals surface area (Å²) in [7, 11) is 1.62. The Morgan fingerprint density at radius 3 is 2.79 bits per heavy atom. The lowest BCUT2D eigenvalue weighted by atomic mass is 10.0. The van der Waals surface area contributed by atoms with Gasteiger partial charge in [0.05, 0.1) is 5.54 Å². The topological polar surface area (TPSA) is 50.4 Å². The fraction of sp³-hybridized carbons (Fsp3) is 0.500. The molecule has 0 bridgehead atoms. The van der Waals surface area contributed by atoms with Crippen molar-refractivity contribution in [2.45, 2.75) is 24.8 Å². The number of hydrogen-bond donors (Lipinski definition) is 2. The number of hydrogen-bond acceptors (Lipinski definition) is 2. The van der Waals surface area contributed by atoms with Gasteiger partial charge in [0.15, 0.2) is 0 Å². The zero-order chi connectivity index (χ0) is 13.7. The molecule has 2 rings (SSSR count). The standard InChI is InChI=1S/C14H19FN2O2/c1-19-10-4-9-16-13(18)17-14(7-8-14)11-5-2-3-6-12(11)15/h2-3,5-6H,4,7-10H2,1H3,(H2,16,17,18). The summed E-state index contributed by atoms with van der Waals surface area (Å²) >= 11 is 0. The predicted molar refractivity (Wildman–Crippen MR) is 70.3 cm³/mol. The molecule has 0 radical (unpaired) electrons. The number of amides is 2. The van der Waals surface area contributed by atoms with E-state index in [2.05, 4.69) is 10.6 Å². The van der Waals surface area contributed by atoms with E-state index >= 15 is 0 Å². The molecule has 2 N–H and O–H groups in total. The fourth-order valence-electron chi connectivity index (χ4n) is 2.12. The van der Waals surface area contributed by atoms with Crippen LogP contribution in [0.15, 0.2) is 24.3 Å². The van der Waals surface area contributed by atoms with Crippen LogP contribution in [-0.4, -0.2) is 26.3 Å². The van der Waals surface area contributed by atoms with Crippen molar-refractivity contribution >= 4 is 6.03 Å². The van der Waals surface area contributed by atoms with Crippen molar-refractivity contribution in [1.29, 1.82) is 0 Å². The smallest absolute Gasteiger partial charge is 0.315 e. The van der Waals surface area contributed by atoms with Gasteiger partial charge in [-0.1, -0.05) is 18.2 Å². The summed E-state index contributed by atoms with van der Waals surface area (Å²) in [6.07, 6.45) is 2.31. The van der Waals surface area contributed by atoms with Crippen LogP contribution in [0, 0.1) is 5.82 Å². The van der Waals surface area contributed by atoms with Gasteiger partial charge in [-0.2, -0.15) is 0 Å². The molecule has 0 atom stereocenters. The first kappa shape index (κ1) is 13.8. The highest BCUT2D eigenvalue weighted by molar-refractivity contribution is 5.75. The average Bonchev–Trinajstić information content (AvgIpc) is 3.16. The SMILES string of the molecule is COCCCNC(=O)NC1(c2ccccc2F)CC1. The minimum atomic E-state index is -0.517. The molecule has 0 unspecified atom stereocenters. The Kier molecular flexibility index (Phi) is 4.37. The fourth-order valence-corrected chi connectivity index (χ4v) is 2.12. The molecule has 2 amide bonds. The van der Waals surface area contributed by atoms with Crippen molar-refractivity contribution in [1.82, 2.24) is 10.6 Å². The second-order valence-electron chi connectivity index (χ2n) is 4.79. The van der Waals surface area contributed by atoms with E-state index in [-0.39, 0.29) is 11.8 Å². The molecule has 1 aromatic rings. The van der Waals surface area contributed by atoms with Crippen LogP contribution < -0.4 is 10.6 Å². The number of carbonyl (C=O) groups excluding carboxylic acids is 1. The van der Waals surface area contributed by atoms with Gasteiger partial charge in [-0.05, 0) is 25.3 Å². The van der Waals surface area contributed by atoms with Gasteiger partial charge in [0.2, 0.25) is 0 Å². The molecule has 1 fully saturated rings. The molecular weight excluding hydrogens is 247 g/mol. The summed E-state index contributed by atoms with van der Waals surface area (Å²) in [5.74, 6) is -0.264. The van der Waals surface area contributed by atoms with Crippen molar-refractivity contribution in [3.8, 4) is 0 Å². The van der Waals surface area contributed by atoms with Gasteiger partial charge < -0.3 is 15.4 Å². The predicted octanol–water partition coefficient (Wildman–Crippen LogP) is 2.15. The third kappa shape index (κ3) is 3.44. The normalized spacial score (nSPS) is 15.9. The maximum absolute atomic E-state index is 13.7. The van der Waals surface area contributed by atoms with Gasteiger partial charge in [-0.25, -0.2) is 9.18 Å². The van der Waals surface area contributed by atoms with Gasteiger partial charge in [0, 0.05) is 25.8 Å². The summed E-state index contributed by atoms with van der Waals surface area (Å²) in [6.45, 7) is 1.16. The van der Waals surface area contributed by atoms with E-state index in [0.717, 1.165) is 19.3 Å². The highest BCUT2D eigenvalue weighted by Crippen LogP contribution is 2.46. The van der Waals surface area contributed by atoms with Gasteiger partial charge in [0.1, 0.15) is 5.82 Å². The van der Waals surface area contributed by atoms with E-state index in [9.17, 15) is 9.18 Å². The van der Waals surface area contributed by atoms with E-state index in [1.165, 1.54) is 6.07 Å². The zero-order valence-corrected chi connectivity index (χ0v) is 11.0. The van der Waals surface area contributed by atoms with Crippen LogP contribution in [0.5, 0.6) is 0 Å². The number of carbonyl (C=O) groups is 1. The molecule has 1 saturated carbocycles. The molecule has 0 heterocycles. The van der Waals surface area contributed by atoms with Crippen LogP contribution in [0.4, 0.5) is 9.18 Å². The summed E-state index contributed by atoms with van der Waals surface area (Å²) < 4.78 is 18.6. The highest BCUT2D eigenvalue weighted by Gasteiger charge is 2.47. The minimum Gasteiger partial charge on any atom is -0.385 e. The summed E-state index contributed by atoms with van der Waals surface area (Å²) in [5.41, 5.74) is 0.0542. The highest BCUT2D eigenvalue weighted by atomic mass is 19.1. The molecule has 104 valence electrons. The first-order valence-electron chi connectivity index (χ1n) is 6.48. The quantitative estimate of drug-likeness (QED) is 0.775. The summed E-state index contributed by atoms with van der Waals surface area (Å²) in [6, 6.07) is 6.34. The van der Waals surface area contributed by atoms with Crippen molar-refractivity contribution in [2.24, 2.45) is 0 Å². The van der Waals surface area contributed by atoms with Crippen molar-refractivity contribution in [3.05, 3.63) is 35.6 Å². The van der Waals surface area contributed by atoms with E-state index < -0.39 is 5.54 Å². The molecule has 0 saturated heterocycles. The van der Waals surface area contributed by atoms with Gasteiger partial charge in [-0.15, -0.1) is 0 Å².